The van der Waals surface area contributed by atoms with Gasteiger partial charge in [0.15, 0.2) is 16.7 Å². The summed E-state index contributed by atoms with van der Waals surface area (Å²) in [5.74, 6) is -0.639. The van der Waals surface area contributed by atoms with Gasteiger partial charge in [0.05, 0.1) is 12.8 Å². The Bertz CT molecular complexity index is 724. The van der Waals surface area contributed by atoms with Crippen molar-refractivity contribution in [2.45, 2.75) is 25.6 Å². The maximum absolute atomic E-state index is 13.6. The third-order valence-electron chi connectivity index (χ3n) is 3.89. The molecule has 5 nitrogen and oxygen atoms in total. The van der Waals surface area contributed by atoms with E-state index in [4.69, 9.17) is 21.4 Å². The molecule has 1 fully saturated rings. The maximum Gasteiger partial charge on any atom is 0.167 e. The van der Waals surface area contributed by atoms with Crippen LogP contribution in [0.2, 0.25) is 5.15 Å². The van der Waals surface area contributed by atoms with Crippen LogP contribution in [0.3, 0.4) is 0 Å². The fraction of sp³-hybridized carbons (Fsp3) is 0.375. The number of piperidine rings is 1. The molecule has 2 aromatic rings. The highest BCUT2D eigenvalue weighted by molar-refractivity contribution is 6.30. The van der Waals surface area contributed by atoms with E-state index in [9.17, 15) is 8.78 Å². The summed E-state index contributed by atoms with van der Waals surface area (Å²) in [5.41, 5.74) is 0.338. The van der Waals surface area contributed by atoms with Crippen molar-refractivity contribution in [1.29, 1.82) is 0 Å². The third-order valence-corrected chi connectivity index (χ3v) is 4.19. The quantitative estimate of drug-likeness (QED) is 0.913. The molecule has 0 atom stereocenters. The molecule has 1 aliphatic rings. The van der Waals surface area contributed by atoms with Crippen molar-refractivity contribution < 1.29 is 18.6 Å². The van der Waals surface area contributed by atoms with Gasteiger partial charge in [0, 0.05) is 32.0 Å². The Hall–Kier alpha value is -1.99. The highest BCUT2D eigenvalue weighted by atomic mass is 35.5. The summed E-state index contributed by atoms with van der Waals surface area (Å²) < 4.78 is 32.2. The van der Waals surface area contributed by atoms with E-state index in [1.807, 2.05) is 4.90 Å². The smallest absolute Gasteiger partial charge is 0.167 e. The molecule has 0 unspecified atom stereocenters. The van der Waals surface area contributed by atoms with Crippen molar-refractivity contribution in [3.63, 3.8) is 0 Å². The summed E-state index contributed by atoms with van der Waals surface area (Å²) >= 11 is 5.96. The van der Waals surface area contributed by atoms with E-state index in [0.717, 1.165) is 6.07 Å². The van der Waals surface area contributed by atoms with E-state index >= 15 is 0 Å². The summed E-state index contributed by atoms with van der Waals surface area (Å²) in [5, 5.41) is 9.25. The number of aromatic nitrogens is 2. The van der Waals surface area contributed by atoms with Gasteiger partial charge in [0.1, 0.15) is 23.4 Å². The van der Waals surface area contributed by atoms with E-state index in [1.165, 1.54) is 12.1 Å². The van der Waals surface area contributed by atoms with Gasteiger partial charge in [-0.15, -0.1) is 0 Å². The fourth-order valence-electron chi connectivity index (χ4n) is 2.59. The van der Waals surface area contributed by atoms with Crippen LogP contribution in [0.4, 0.5) is 14.6 Å². The molecule has 1 aliphatic heterocycles. The summed E-state index contributed by atoms with van der Waals surface area (Å²) in [6, 6.07) is 3.29. The number of aliphatic hydroxyl groups excluding tert-OH is 1. The first-order valence-corrected chi connectivity index (χ1v) is 7.93. The number of anilines is 1. The van der Waals surface area contributed by atoms with Gasteiger partial charge in [0.25, 0.3) is 0 Å². The van der Waals surface area contributed by atoms with Gasteiger partial charge in [-0.1, -0.05) is 11.6 Å². The molecule has 0 saturated carbocycles. The molecule has 2 heterocycles. The predicted molar refractivity (Wildman–Crippen MR) is 85.2 cm³/mol. The van der Waals surface area contributed by atoms with Crippen LogP contribution in [0.1, 0.15) is 18.5 Å². The Balaban J connectivity index is 1.60. The molecule has 3 rings (SSSR count). The van der Waals surface area contributed by atoms with Crippen LogP contribution in [0.25, 0.3) is 0 Å². The summed E-state index contributed by atoms with van der Waals surface area (Å²) in [4.78, 5) is 10.3. The monoisotopic (exact) mass is 355 g/mol. The van der Waals surface area contributed by atoms with Gasteiger partial charge >= 0.3 is 0 Å². The molecule has 1 N–H and O–H groups in total. The standard InChI is InChI=1S/C16H16ClF2N3O2/c17-16-13(9-23)20-8-15(21-16)22-5-3-11(4-6-22)24-14-2-1-10(18)7-12(14)19/h1-2,7-8,11,23H,3-6,9H2. The molecule has 0 amide bonds. The molecule has 1 aromatic carbocycles. The van der Waals surface area contributed by atoms with E-state index in [0.29, 0.717) is 37.4 Å². The van der Waals surface area contributed by atoms with Gasteiger partial charge in [-0.3, -0.25) is 4.98 Å². The van der Waals surface area contributed by atoms with Gasteiger partial charge in [0.2, 0.25) is 0 Å². The first-order valence-electron chi connectivity index (χ1n) is 7.55. The van der Waals surface area contributed by atoms with Gasteiger partial charge in [-0.05, 0) is 12.1 Å². The maximum atomic E-state index is 13.6. The Labute approximate surface area is 142 Å². The highest BCUT2D eigenvalue weighted by Crippen LogP contribution is 2.25. The van der Waals surface area contributed by atoms with Crippen LogP contribution in [-0.2, 0) is 6.61 Å². The van der Waals surface area contributed by atoms with Gasteiger partial charge in [-0.25, -0.2) is 13.8 Å². The second kappa shape index (κ2) is 7.27. The van der Waals surface area contributed by atoms with Crippen molar-refractivity contribution >= 4 is 17.4 Å². The van der Waals surface area contributed by atoms with Crippen molar-refractivity contribution in [1.82, 2.24) is 9.97 Å². The average molecular weight is 356 g/mol. The summed E-state index contributed by atoms with van der Waals surface area (Å²) in [6.45, 7) is 1.04. The lowest BCUT2D eigenvalue weighted by Crippen LogP contribution is -2.39. The minimum atomic E-state index is -0.699. The van der Waals surface area contributed by atoms with E-state index in [-0.39, 0.29) is 23.6 Å². The van der Waals surface area contributed by atoms with E-state index < -0.39 is 11.6 Å². The second-order valence-electron chi connectivity index (χ2n) is 5.50. The Morgan fingerprint density at radius 2 is 2.04 bits per heavy atom. The first-order chi connectivity index (χ1) is 11.6. The Morgan fingerprint density at radius 1 is 1.29 bits per heavy atom. The largest absolute Gasteiger partial charge is 0.487 e. The molecule has 1 saturated heterocycles. The minimum Gasteiger partial charge on any atom is -0.487 e. The average Bonchev–Trinajstić information content (AvgIpc) is 2.58. The van der Waals surface area contributed by atoms with E-state index in [1.54, 1.807) is 6.20 Å². The number of hydrogen-bond acceptors (Lipinski definition) is 5. The number of rotatable bonds is 4. The molecule has 1 aromatic heterocycles. The SMILES string of the molecule is OCc1ncc(N2CCC(Oc3ccc(F)cc3F)CC2)nc1Cl. The summed E-state index contributed by atoms with van der Waals surface area (Å²) in [7, 11) is 0. The van der Waals surface area contributed by atoms with Crippen LogP contribution >= 0.6 is 11.6 Å². The molecule has 8 heteroatoms. The van der Waals surface area contributed by atoms with Crippen molar-refractivity contribution in [3.8, 4) is 5.75 Å². The van der Waals surface area contributed by atoms with Crippen LogP contribution < -0.4 is 9.64 Å². The minimum absolute atomic E-state index is 0.0602. The molecular formula is C16H16ClF2N3O2. The number of halogens is 3. The zero-order valence-corrected chi connectivity index (χ0v) is 13.5. The van der Waals surface area contributed by atoms with Crippen LogP contribution in [0.5, 0.6) is 5.75 Å². The predicted octanol–water partition coefficient (Wildman–Crippen LogP) is 2.95. The number of benzene rings is 1. The van der Waals surface area contributed by atoms with E-state index in [2.05, 4.69) is 9.97 Å². The van der Waals surface area contributed by atoms with Crippen LogP contribution in [-0.4, -0.2) is 34.3 Å². The molecule has 0 bridgehead atoms. The highest BCUT2D eigenvalue weighted by Gasteiger charge is 2.23. The van der Waals surface area contributed by atoms with Gasteiger partial charge < -0.3 is 14.7 Å². The Kier molecular flexibility index (Phi) is 5.11. The first kappa shape index (κ1) is 16.9. The van der Waals surface area contributed by atoms with Crippen molar-refractivity contribution in [3.05, 3.63) is 46.9 Å². The Morgan fingerprint density at radius 3 is 2.67 bits per heavy atom. The second-order valence-corrected chi connectivity index (χ2v) is 5.86. The van der Waals surface area contributed by atoms with Gasteiger partial charge in [-0.2, -0.15) is 0 Å². The molecule has 24 heavy (non-hydrogen) atoms. The zero-order valence-electron chi connectivity index (χ0n) is 12.8. The number of ether oxygens (including phenoxy) is 1. The lowest BCUT2D eigenvalue weighted by molar-refractivity contribution is 0.163. The summed E-state index contributed by atoms with van der Waals surface area (Å²) in [6.07, 6.45) is 2.75. The van der Waals surface area contributed by atoms with Crippen LogP contribution in [0, 0.1) is 11.6 Å². The number of aliphatic hydroxyl groups is 1. The molecule has 0 aliphatic carbocycles. The molecule has 0 radical (unpaired) electrons. The molecule has 0 spiro atoms. The molecule has 128 valence electrons. The normalized spacial score (nSPS) is 15.6. The molecular weight excluding hydrogens is 340 g/mol. The zero-order chi connectivity index (χ0) is 17.1. The van der Waals surface area contributed by atoms with Crippen LogP contribution in [0.15, 0.2) is 24.4 Å². The number of nitrogens with zero attached hydrogens (tertiary/aromatic N) is 3. The van der Waals surface area contributed by atoms with Crippen molar-refractivity contribution in [2.24, 2.45) is 0 Å². The van der Waals surface area contributed by atoms with Crippen molar-refractivity contribution in [2.75, 3.05) is 18.0 Å². The number of hydrogen-bond donors (Lipinski definition) is 1. The topological polar surface area (TPSA) is 58.5 Å². The lowest BCUT2D eigenvalue weighted by atomic mass is 10.1. The third kappa shape index (κ3) is 3.73. The lowest BCUT2D eigenvalue weighted by Gasteiger charge is -2.32. The fourth-order valence-corrected chi connectivity index (χ4v) is 2.79.